The normalized spacial score (nSPS) is 17.6. The summed E-state index contributed by atoms with van der Waals surface area (Å²) in [5, 5.41) is 0. The van der Waals surface area contributed by atoms with E-state index in [0.717, 1.165) is 36.3 Å². The van der Waals surface area contributed by atoms with Gasteiger partial charge >= 0.3 is 0 Å². The number of nitrogens with zero attached hydrogens (tertiary/aromatic N) is 2. The van der Waals surface area contributed by atoms with Crippen molar-refractivity contribution in [3.63, 3.8) is 0 Å². The quantitative estimate of drug-likeness (QED) is 0.723. The molecule has 2 aliphatic rings. The van der Waals surface area contributed by atoms with E-state index in [0.29, 0.717) is 30.2 Å². The van der Waals surface area contributed by atoms with Gasteiger partial charge in [-0.15, -0.1) is 11.8 Å². The van der Waals surface area contributed by atoms with Crippen molar-refractivity contribution >= 4 is 23.6 Å². The van der Waals surface area contributed by atoms with E-state index in [2.05, 4.69) is 0 Å². The Hall–Kier alpha value is -2.67. The number of ether oxygens (including phenoxy) is 2. The average molecular weight is 441 g/mol. The molecule has 2 saturated heterocycles. The summed E-state index contributed by atoms with van der Waals surface area (Å²) < 4.78 is 10.6. The van der Waals surface area contributed by atoms with Gasteiger partial charge < -0.3 is 19.3 Å². The Kier molecular flexibility index (Phi) is 6.14. The van der Waals surface area contributed by atoms with Gasteiger partial charge in [-0.3, -0.25) is 9.59 Å². The fourth-order valence-electron chi connectivity index (χ4n) is 4.45. The lowest BCUT2D eigenvalue weighted by Gasteiger charge is -2.44. The Bertz CT molecular complexity index is 985. The first-order valence-corrected chi connectivity index (χ1v) is 11.5. The van der Waals surface area contributed by atoms with E-state index in [9.17, 15) is 9.59 Å². The topological polar surface area (TPSA) is 59.1 Å². The number of thioether (sulfide) groups is 1. The van der Waals surface area contributed by atoms with Crippen molar-refractivity contribution in [1.82, 2.24) is 9.80 Å². The van der Waals surface area contributed by atoms with Crippen molar-refractivity contribution in [3.8, 4) is 11.5 Å². The third-order valence-corrected chi connectivity index (χ3v) is 7.71. The summed E-state index contributed by atoms with van der Waals surface area (Å²) in [5.41, 5.74) is 2.36. The lowest BCUT2D eigenvalue weighted by atomic mass is 9.99. The highest BCUT2D eigenvalue weighted by Crippen LogP contribution is 2.45. The Balaban J connectivity index is 1.48. The van der Waals surface area contributed by atoms with Crippen molar-refractivity contribution in [2.75, 3.05) is 39.6 Å². The summed E-state index contributed by atoms with van der Waals surface area (Å²) in [6.45, 7) is 3.97. The van der Waals surface area contributed by atoms with Crippen molar-refractivity contribution in [1.29, 1.82) is 0 Å². The lowest BCUT2D eigenvalue weighted by Crippen LogP contribution is -2.53. The number of piperidine rings is 1. The monoisotopic (exact) mass is 440 g/mol. The van der Waals surface area contributed by atoms with Crippen LogP contribution in [0.5, 0.6) is 11.5 Å². The molecule has 2 amide bonds. The van der Waals surface area contributed by atoms with Gasteiger partial charge in [0.15, 0.2) is 0 Å². The molecule has 2 aromatic carbocycles. The minimum atomic E-state index is -0.235. The van der Waals surface area contributed by atoms with E-state index >= 15 is 0 Å². The first-order chi connectivity index (χ1) is 15.0. The number of benzene rings is 2. The SMILES string of the molecule is COc1ccc(C(=O)N2CCC3(CC2)SCCN3C(=O)c2cccc(C)c2)c(OC)c1. The van der Waals surface area contributed by atoms with Gasteiger partial charge in [-0.05, 0) is 44.0 Å². The smallest absolute Gasteiger partial charge is 0.257 e. The zero-order valence-electron chi connectivity index (χ0n) is 18.2. The second kappa shape index (κ2) is 8.83. The third kappa shape index (κ3) is 4.11. The number of hydrogen-bond donors (Lipinski definition) is 0. The van der Waals surface area contributed by atoms with Gasteiger partial charge in [0.2, 0.25) is 0 Å². The molecule has 1 spiro atoms. The summed E-state index contributed by atoms with van der Waals surface area (Å²) >= 11 is 1.85. The van der Waals surface area contributed by atoms with E-state index < -0.39 is 0 Å². The van der Waals surface area contributed by atoms with Gasteiger partial charge in [0, 0.05) is 37.0 Å². The molecular weight excluding hydrogens is 412 g/mol. The molecule has 164 valence electrons. The first kappa shape index (κ1) is 21.6. The van der Waals surface area contributed by atoms with Crippen LogP contribution < -0.4 is 9.47 Å². The summed E-state index contributed by atoms with van der Waals surface area (Å²) in [6.07, 6.45) is 1.53. The van der Waals surface area contributed by atoms with Crippen molar-refractivity contribution in [2.45, 2.75) is 24.6 Å². The van der Waals surface area contributed by atoms with E-state index in [1.165, 1.54) is 0 Å². The highest BCUT2D eigenvalue weighted by molar-refractivity contribution is 8.00. The Morgan fingerprint density at radius 2 is 1.74 bits per heavy atom. The molecule has 31 heavy (non-hydrogen) atoms. The van der Waals surface area contributed by atoms with Gasteiger partial charge in [0.1, 0.15) is 11.5 Å². The van der Waals surface area contributed by atoms with Crippen LogP contribution in [0.4, 0.5) is 0 Å². The fraction of sp³-hybridized carbons (Fsp3) is 0.417. The van der Waals surface area contributed by atoms with Crippen LogP contribution in [0.2, 0.25) is 0 Å². The molecule has 2 aliphatic heterocycles. The number of methoxy groups -OCH3 is 2. The molecular formula is C24H28N2O4S. The third-order valence-electron chi connectivity index (χ3n) is 6.16. The summed E-state index contributed by atoms with van der Waals surface area (Å²) in [4.78, 5) is 30.1. The molecule has 0 atom stereocenters. The highest BCUT2D eigenvalue weighted by Gasteiger charge is 2.47. The van der Waals surface area contributed by atoms with E-state index in [1.54, 1.807) is 32.4 Å². The predicted molar refractivity (Wildman–Crippen MR) is 122 cm³/mol. The molecule has 2 fully saturated rings. The zero-order valence-corrected chi connectivity index (χ0v) is 19.0. The standard InChI is InChI=1S/C24H28N2O4S/c1-17-5-4-6-18(15-17)22(27)26-13-14-31-24(26)9-11-25(12-10-24)23(28)20-8-7-19(29-2)16-21(20)30-3/h4-8,15-16H,9-14H2,1-3H3. The molecule has 0 radical (unpaired) electrons. The molecule has 2 heterocycles. The molecule has 4 rings (SSSR count). The van der Waals surface area contributed by atoms with Crippen LogP contribution in [0, 0.1) is 6.92 Å². The lowest BCUT2D eigenvalue weighted by molar-refractivity contribution is 0.0496. The summed E-state index contributed by atoms with van der Waals surface area (Å²) in [5.74, 6) is 2.13. The largest absolute Gasteiger partial charge is 0.497 e. The van der Waals surface area contributed by atoms with Crippen LogP contribution in [0.3, 0.4) is 0 Å². The second-order valence-corrected chi connectivity index (χ2v) is 9.44. The zero-order chi connectivity index (χ0) is 22.0. The minimum Gasteiger partial charge on any atom is -0.497 e. The maximum atomic E-state index is 13.3. The van der Waals surface area contributed by atoms with Gasteiger partial charge in [-0.25, -0.2) is 0 Å². The van der Waals surface area contributed by atoms with Crippen LogP contribution >= 0.6 is 11.8 Å². The molecule has 0 aliphatic carbocycles. The molecule has 0 bridgehead atoms. The number of amides is 2. The summed E-state index contributed by atoms with van der Waals surface area (Å²) in [7, 11) is 3.14. The van der Waals surface area contributed by atoms with E-state index in [4.69, 9.17) is 9.47 Å². The maximum Gasteiger partial charge on any atom is 0.257 e. The average Bonchev–Trinajstić information content (AvgIpc) is 3.20. The minimum absolute atomic E-state index is 0.0473. The number of aryl methyl sites for hydroxylation is 1. The number of rotatable bonds is 4. The Morgan fingerprint density at radius 3 is 2.42 bits per heavy atom. The van der Waals surface area contributed by atoms with Crippen LogP contribution in [0.1, 0.15) is 39.1 Å². The van der Waals surface area contributed by atoms with Gasteiger partial charge in [0.25, 0.3) is 11.8 Å². The number of carbonyl (C=O) groups is 2. The molecule has 0 aromatic heterocycles. The first-order valence-electron chi connectivity index (χ1n) is 10.5. The van der Waals surface area contributed by atoms with Crippen LogP contribution in [0.25, 0.3) is 0 Å². The van der Waals surface area contributed by atoms with E-state index in [1.807, 2.05) is 52.8 Å². The van der Waals surface area contributed by atoms with Crippen LogP contribution in [0.15, 0.2) is 42.5 Å². The second-order valence-electron chi connectivity index (χ2n) is 7.98. The molecule has 6 nitrogen and oxygen atoms in total. The molecule has 0 unspecified atom stereocenters. The van der Waals surface area contributed by atoms with Gasteiger partial charge in [-0.1, -0.05) is 17.7 Å². The van der Waals surface area contributed by atoms with Crippen LogP contribution in [-0.4, -0.2) is 66.1 Å². The number of carbonyl (C=O) groups excluding carboxylic acids is 2. The van der Waals surface area contributed by atoms with Crippen LogP contribution in [-0.2, 0) is 0 Å². The fourth-order valence-corrected chi connectivity index (χ4v) is 5.90. The Morgan fingerprint density at radius 1 is 0.968 bits per heavy atom. The van der Waals surface area contributed by atoms with Gasteiger partial charge in [0.05, 0.1) is 24.7 Å². The molecule has 0 N–H and O–H groups in total. The molecule has 0 saturated carbocycles. The maximum absolute atomic E-state index is 13.3. The molecule has 7 heteroatoms. The molecule has 2 aromatic rings. The number of likely N-dealkylation sites (tertiary alicyclic amines) is 1. The summed E-state index contributed by atoms with van der Waals surface area (Å²) in [6, 6.07) is 13.0. The number of hydrogen-bond acceptors (Lipinski definition) is 5. The van der Waals surface area contributed by atoms with Crippen molar-refractivity contribution < 1.29 is 19.1 Å². The van der Waals surface area contributed by atoms with Crippen molar-refractivity contribution in [2.24, 2.45) is 0 Å². The van der Waals surface area contributed by atoms with E-state index in [-0.39, 0.29) is 16.7 Å². The van der Waals surface area contributed by atoms with Gasteiger partial charge in [-0.2, -0.15) is 0 Å². The predicted octanol–water partition coefficient (Wildman–Crippen LogP) is 3.83. The van der Waals surface area contributed by atoms with Crippen molar-refractivity contribution in [3.05, 3.63) is 59.2 Å². The Labute approximate surface area is 187 Å². The highest BCUT2D eigenvalue weighted by atomic mass is 32.2.